The summed E-state index contributed by atoms with van der Waals surface area (Å²) in [4.78, 5) is 82.5. The van der Waals surface area contributed by atoms with E-state index < -0.39 is 55.7 Å². The lowest BCUT2D eigenvalue weighted by molar-refractivity contribution is -0.117. The average Bonchev–Trinajstić information content (AvgIpc) is 4.00. The van der Waals surface area contributed by atoms with E-state index in [1.54, 1.807) is 32.3 Å². The number of carboxylic acids is 1. The van der Waals surface area contributed by atoms with E-state index >= 15 is 0 Å². The number of rotatable bonds is 21. The number of carbonyl (C=O) groups is 3. The number of aromatic hydroxyl groups is 1. The Balaban J connectivity index is 0.000000500. The molecule has 2 aromatic carbocycles. The number of phosphoric acid groups is 1. The number of hydrogen-bond acceptors (Lipinski definition) is 19. The number of imidazole rings is 1. The van der Waals surface area contributed by atoms with Crippen molar-refractivity contribution in [3.05, 3.63) is 125 Å². The predicted octanol–water partition coefficient (Wildman–Crippen LogP) is 10.8. The van der Waals surface area contributed by atoms with E-state index in [0.717, 1.165) is 12.1 Å². The van der Waals surface area contributed by atoms with Gasteiger partial charge in [0.25, 0.3) is 5.91 Å². The second-order valence-electron chi connectivity index (χ2n) is 18.5. The molecule has 0 saturated carbocycles. The van der Waals surface area contributed by atoms with E-state index in [9.17, 15) is 48.9 Å². The molecule has 4 heterocycles. The van der Waals surface area contributed by atoms with Crippen molar-refractivity contribution in [2.24, 2.45) is 11.1 Å². The summed E-state index contributed by atoms with van der Waals surface area (Å²) in [5, 5.41) is 43.8. The van der Waals surface area contributed by atoms with E-state index in [0.29, 0.717) is 48.4 Å². The van der Waals surface area contributed by atoms with Gasteiger partial charge in [-0.15, -0.1) is 4.91 Å². The fraction of sp³-hybridized carbons (Fsp3) is 0.365. The summed E-state index contributed by atoms with van der Waals surface area (Å²) in [7, 11) is -4.50. The van der Waals surface area contributed by atoms with Gasteiger partial charge < -0.3 is 50.3 Å². The molecule has 4 aromatic rings. The molecular formula is C52H58Cl4N7O16P. The molecule has 1 amide bonds. The minimum atomic E-state index is -4.50. The van der Waals surface area contributed by atoms with Gasteiger partial charge in [-0.3, -0.25) is 28.0 Å². The number of phenols is 1. The third kappa shape index (κ3) is 17.1. The van der Waals surface area contributed by atoms with Crippen LogP contribution in [0, 0.1) is 10.8 Å². The molecule has 1 saturated heterocycles. The summed E-state index contributed by atoms with van der Waals surface area (Å²) in [6.07, 6.45) is 4.87. The number of nitrogens with zero attached hydrogens (tertiary/aromatic N) is 5. The van der Waals surface area contributed by atoms with Crippen LogP contribution in [0.2, 0.25) is 20.1 Å². The first kappa shape index (κ1) is 64.5. The lowest BCUT2D eigenvalue weighted by atomic mass is 9.89. The summed E-state index contributed by atoms with van der Waals surface area (Å²) in [5.41, 5.74) is 5.54. The molecule has 1 fully saturated rings. The van der Waals surface area contributed by atoms with Crippen molar-refractivity contribution in [3.63, 3.8) is 0 Å². The number of phosphoric ester groups is 1. The van der Waals surface area contributed by atoms with E-state index in [-0.39, 0.29) is 114 Å². The number of aromatic carboxylic acids is 1. The van der Waals surface area contributed by atoms with Gasteiger partial charge in [-0.25, -0.2) is 24.3 Å². The van der Waals surface area contributed by atoms with Gasteiger partial charge in [0.1, 0.15) is 58.5 Å². The number of aromatic nitrogens is 4. The number of nitrogens with two attached hydrogens (primary N) is 1. The van der Waals surface area contributed by atoms with Gasteiger partial charge in [-0.05, 0) is 63.9 Å². The quantitative estimate of drug-likeness (QED) is 0.00669. The Hall–Kier alpha value is -6.34. The molecule has 8 N–H and O–H groups in total. The van der Waals surface area contributed by atoms with Crippen LogP contribution in [0.1, 0.15) is 101 Å². The molecule has 1 aliphatic carbocycles. The van der Waals surface area contributed by atoms with Crippen LogP contribution in [0.25, 0.3) is 44.6 Å². The number of ether oxygens (including phenoxy) is 2. The zero-order valence-electron chi connectivity index (χ0n) is 43.9. The Labute approximate surface area is 477 Å². The van der Waals surface area contributed by atoms with Gasteiger partial charge in [0, 0.05) is 71.3 Å². The Morgan fingerprint density at radius 2 is 1.64 bits per heavy atom. The number of ketones is 1. The number of aliphatic hydroxyl groups is 2. The predicted molar refractivity (Wildman–Crippen MR) is 301 cm³/mol. The van der Waals surface area contributed by atoms with E-state index in [1.165, 1.54) is 43.0 Å². The number of carbonyl (C=O) groups excluding carboxylic acids is 2. The number of unbranched alkanes of at least 4 members (excludes halogenated alkanes) is 3. The highest BCUT2D eigenvalue weighted by Crippen LogP contribution is 2.49. The van der Waals surface area contributed by atoms with E-state index in [1.807, 2.05) is 13.8 Å². The molecule has 2 aromatic heterocycles. The van der Waals surface area contributed by atoms with Gasteiger partial charge in [-0.1, -0.05) is 79.7 Å². The molecular weight excluding hydrogens is 1150 g/mol. The van der Waals surface area contributed by atoms with Crippen LogP contribution in [0.3, 0.4) is 0 Å². The summed E-state index contributed by atoms with van der Waals surface area (Å²) in [5.74, 6) is -1.47. The van der Waals surface area contributed by atoms with Crippen LogP contribution in [0.5, 0.6) is 5.75 Å². The van der Waals surface area contributed by atoms with Crippen LogP contribution in [0.15, 0.2) is 93.3 Å². The van der Waals surface area contributed by atoms with Gasteiger partial charge in [0.05, 0.1) is 56.9 Å². The molecule has 3 unspecified atom stereocenters. The summed E-state index contributed by atoms with van der Waals surface area (Å²) in [6.45, 7) is 13.4. The number of amides is 1. The van der Waals surface area contributed by atoms with Crippen molar-refractivity contribution in [1.29, 1.82) is 0 Å². The molecule has 80 heavy (non-hydrogen) atoms. The maximum absolute atomic E-state index is 13.5. The number of nitrogens with one attached hydrogen (secondary N) is 1. The number of phenolic OH excluding ortho intramolecular Hbond substituents is 1. The second kappa shape index (κ2) is 28.9. The molecule has 4 atom stereocenters. The first-order valence-corrected chi connectivity index (χ1v) is 27.4. The number of allylic oxidation sites excluding steroid dienone is 4. The first-order chi connectivity index (χ1) is 37.6. The average molecular weight is 1210 g/mol. The second-order valence-corrected chi connectivity index (χ2v) is 21.5. The van der Waals surface area contributed by atoms with E-state index in [2.05, 4.69) is 32.0 Å². The summed E-state index contributed by atoms with van der Waals surface area (Å²) < 4.78 is 41.3. The number of hydrogen-bond donors (Lipinski definition) is 7. The van der Waals surface area contributed by atoms with Crippen LogP contribution >= 0.6 is 54.2 Å². The van der Waals surface area contributed by atoms with Crippen molar-refractivity contribution in [2.75, 3.05) is 25.5 Å². The van der Waals surface area contributed by atoms with Crippen molar-refractivity contribution < 1.29 is 67.2 Å². The molecule has 0 bridgehead atoms. The third-order valence-electron chi connectivity index (χ3n) is 11.4. The molecule has 0 radical (unpaired) electrons. The molecule has 28 heteroatoms. The van der Waals surface area contributed by atoms with E-state index in [4.69, 9.17) is 80.2 Å². The number of carboxylic acid groups (broad SMARTS) is 1. The molecule has 430 valence electrons. The largest absolute Gasteiger partial charge is 0.506 e. The maximum atomic E-state index is 13.5. The Morgan fingerprint density at radius 3 is 2.30 bits per heavy atom. The minimum absolute atomic E-state index is 0.00219. The van der Waals surface area contributed by atoms with Crippen molar-refractivity contribution >= 4 is 99.8 Å². The molecule has 7 rings (SSSR count). The molecule has 23 nitrogen and oxygen atoms in total. The number of benzene rings is 3. The Bertz CT molecular complexity index is 3420. The lowest BCUT2D eigenvalue weighted by Gasteiger charge is -2.20. The first-order valence-electron chi connectivity index (χ1n) is 24.4. The SMILES string of the molecule is C=C(/C=C(\C)O/C(C)=C/C(=O)C(C)C)N=O.CC(C)O.Nc1ncnc2c1ncn2C1C[C@@H](O)C(COP(=O)(O)OCCCCCCNC(=O)c2cc(Cl)c(C(=O)O)c(-c3c4cc(Cl)c(=O)cc-4oc4cc(O)c(Cl)cc34)c2Cl)O1. The van der Waals surface area contributed by atoms with Gasteiger partial charge >= 0.3 is 13.8 Å². The highest BCUT2D eigenvalue weighted by Gasteiger charge is 2.38. The molecule has 3 aliphatic rings. The number of halogens is 4. The third-order valence-corrected chi connectivity index (χ3v) is 13.7. The minimum Gasteiger partial charge on any atom is -0.506 e. The number of fused-ring (bicyclic) bond motifs is 3. The van der Waals surface area contributed by atoms with Crippen LogP contribution < -0.4 is 16.5 Å². The van der Waals surface area contributed by atoms with Gasteiger partial charge in [0.2, 0.25) is 5.43 Å². The smallest absolute Gasteiger partial charge is 0.472 e. The van der Waals surface area contributed by atoms with Crippen molar-refractivity contribution in [1.82, 2.24) is 24.8 Å². The zero-order chi connectivity index (χ0) is 59.3. The van der Waals surface area contributed by atoms with Crippen LogP contribution in [-0.2, 0) is 27.9 Å². The van der Waals surface area contributed by atoms with Gasteiger partial charge in [-0.2, -0.15) is 0 Å². The van der Waals surface area contributed by atoms with Crippen LogP contribution in [-0.4, -0.2) is 101 Å². The maximum Gasteiger partial charge on any atom is 0.472 e. The number of aliphatic hydroxyl groups excluding tert-OH is 2. The Morgan fingerprint density at radius 1 is 0.963 bits per heavy atom. The van der Waals surface area contributed by atoms with Crippen molar-refractivity contribution in [2.45, 2.75) is 98.2 Å². The fourth-order valence-corrected chi connectivity index (χ4v) is 9.44. The monoisotopic (exact) mass is 1210 g/mol. The normalized spacial score (nSPS) is 16.3. The van der Waals surface area contributed by atoms with Crippen LogP contribution in [0.4, 0.5) is 5.82 Å². The Kier molecular flexibility index (Phi) is 23.3. The number of nitrogen functional groups attached to an aromatic ring is 1. The molecule has 0 spiro atoms. The number of nitroso groups, excluding NO2 is 1. The van der Waals surface area contributed by atoms with Crippen molar-refractivity contribution in [3.8, 4) is 28.2 Å². The number of anilines is 1. The lowest BCUT2D eigenvalue weighted by Crippen LogP contribution is -2.26. The standard InChI is InChI=1S/C37H33Cl4N6O12P.C12H17NO3.C3H8O/c38-19-7-16-25(10-22(19)48)58-26-11-23(49)20(39)8-17(26)29(16)31-30(37(52)53)21(40)9-18(32(31)41)36(51)43-5-3-1-2-4-6-56-60(54,55)57-13-27-24(50)12-28(59-27)47-15-46-33-34(42)44-14-45-35(33)47;1-8(2)12(14)7-11(5)16-10(4)6-9(3)13-15;1-3(2)4/h7-11,14-15,24,27-28,48,50H,1-6,12-13H2,(H,43,51)(H,52,53)(H,54,55)(H2,42,44,45);6-8H,3H2,1-2,4-5H3;3-4H,1-2H3/b;10-6+,11-7+;/t24-,27?,28?;;/m1../s1. The molecule has 2 aliphatic heterocycles. The van der Waals surface area contributed by atoms with Gasteiger partial charge in [0.15, 0.2) is 17.2 Å². The summed E-state index contributed by atoms with van der Waals surface area (Å²) in [6, 6.07) is 5.98. The fourth-order valence-electron chi connectivity index (χ4n) is 7.73. The zero-order valence-corrected chi connectivity index (χ0v) is 47.9. The highest BCUT2D eigenvalue weighted by molar-refractivity contribution is 7.47. The topological polar surface area (TPSA) is 348 Å². The highest BCUT2D eigenvalue weighted by atomic mass is 35.5. The summed E-state index contributed by atoms with van der Waals surface area (Å²) >= 11 is 25.8.